The first-order valence-corrected chi connectivity index (χ1v) is 7.10. The third-order valence-corrected chi connectivity index (χ3v) is 4.43. The number of thioether (sulfide) groups is 1. The Labute approximate surface area is 115 Å². The molecule has 0 aromatic rings. The molecule has 0 aromatic heterocycles. The highest BCUT2D eigenvalue weighted by Gasteiger charge is 2.41. The maximum Gasteiger partial charge on any atom is 0.169 e. The van der Waals surface area contributed by atoms with Crippen LogP contribution in [0.3, 0.4) is 0 Å². The highest BCUT2D eigenvalue weighted by molar-refractivity contribution is 8.03. The van der Waals surface area contributed by atoms with Crippen LogP contribution in [0, 0.1) is 22.5 Å². The second-order valence-electron chi connectivity index (χ2n) is 4.58. The highest BCUT2D eigenvalue weighted by atomic mass is 32.2. The van der Waals surface area contributed by atoms with Crippen LogP contribution in [0.25, 0.3) is 0 Å². The zero-order valence-electron chi connectivity index (χ0n) is 9.59. The third kappa shape index (κ3) is 2.81. The quantitative estimate of drug-likeness (QED) is 0.474. The van der Waals surface area contributed by atoms with E-state index in [-0.39, 0.29) is 11.8 Å². The zero-order chi connectivity index (χ0) is 13.2. The van der Waals surface area contributed by atoms with Crippen LogP contribution < -0.4 is 0 Å². The van der Waals surface area contributed by atoms with Gasteiger partial charge >= 0.3 is 0 Å². The van der Waals surface area contributed by atoms with Gasteiger partial charge in [-0.2, -0.15) is 17.9 Å². The first-order chi connectivity index (χ1) is 8.55. The van der Waals surface area contributed by atoms with Gasteiger partial charge in [0.25, 0.3) is 0 Å². The topological polar surface area (TPSA) is 23.8 Å². The molecule has 2 bridgehead atoms. The number of halogens is 2. The molecule has 2 aliphatic rings. The number of nitrogens with zero attached hydrogens (tertiary/aromatic N) is 1. The molecule has 0 spiro atoms. The van der Waals surface area contributed by atoms with Gasteiger partial charge in [0.1, 0.15) is 11.2 Å². The fourth-order valence-corrected chi connectivity index (χ4v) is 3.12. The van der Waals surface area contributed by atoms with Gasteiger partial charge in [-0.3, -0.25) is 0 Å². The number of thiol groups is 1. The second-order valence-corrected chi connectivity index (χ2v) is 6.22. The molecular weight excluding hydrogens is 272 g/mol. The molecular formula is C13H13F2NS2. The van der Waals surface area contributed by atoms with E-state index >= 15 is 0 Å². The molecule has 96 valence electrons. The average Bonchev–Trinajstić information content (AvgIpc) is 2.75. The SMILES string of the molecule is N#CSCC1/C=C\C2C=C[C@](S)(C2)C(F)/C(F)=C/1. The molecule has 0 aliphatic heterocycles. The molecule has 0 saturated carbocycles. The Hall–Kier alpha value is -0.730. The molecule has 0 radical (unpaired) electrons. The fourth-order valence-electron chi connectivity index (χ4n) is 2.23. The summed E-state index contributed by atoms with van der Waals surface area (Å²) in [7, 11) is 0. The number of hydrogen-bond donors (Lipinski definition) is 1. The van der Waals surface area contributed by atoms with Crippen molar-refractivity contribution >= 4 is 24.4 Å². The molecule has 5 heteroatoms. The second kappa shape index (κ2) is 5.50. The van der Waals surface area contributed by atoms with Gasteiger partial charge in [0.05, 0.1) is 4.75 Å². The van der Waals surface area contributed by atoms with E-state index < -0.39 is 16.7 Å². The van der Waals surface area contributed by atoms with Gasteiger partial charge in [-0.1, -0.05) is 24.3 Å². The van der Waals surface area contributed by atoms with Crippen molar-refractivity contribution in [2.45, 2.75) is 17.3 Å². The van der Waals surface area contributed by atoms with E-state index in [0.717, 1.165) is 11.8 Å². The largest absolute Gasteiger partial charge is 0.238 e. The lowest BCUT2D eigenvalue weighted by Crippen LogP contribution is -2.31. The molecule has 4 atom stereocenters. The van der Waals surface area contributed by atoms with Crippen molar-refractivity contribution in [3.8, 4) is 5.40 Å². The summed E-state index contributed by atoms with van der Waals surface area (Å²) in [6.07, 6.45) is 7.30. The first-order valence-electron chi connectivity index (χ1n) is 5.67. The van der Waals surface area contributed by atoms with Gasteiger partial charge < -0.3 is 0 Å². The Morgan fingerprint density at radius 3 is 3.00 bits per heavy atom. The molecule has 0 heterocycles. The number of hydrogen-bond acceptors (Lipinski definition) is 3. The number of alkyl halides is 1. The normalized spacial score (nSPS) is 43.2. The van der Waals surface area contributed by atoms with Crippen molar-refractivity contribution in [2.24, 2.45) is 11.8 Å². The van der Waals surface area contributed by atoms with E-state index in [1.165, 1.54) is 6.08 Å². The van der Waals surface area contributed by atoms with Crippen molar-refractivity contribution < 1.29 is 8.78 Å². The molecule has 0 N–H and O–H groups in total. The summed E-state index contributed by atoms with van der Waals surface area (Å²) in [6.45, 7) is 0. The van der Waals surface area contributed by atoms with Crippen LogP contribution in [0.15, 0.2) is 36.2 Å². The summed E-state index contributed by atoms with van der Waals surface area (Å²) in [6, 6.07) is 0. The molecule has 0 saturated heterocycles. The minimum atomic E-state index is -1.73. The van der Waals surface area contributed by atoms with Crippen molar-refractivity contribution in [3.63, 3.8) is 0 Å². The third-order valence-electron chi connectivity index (χ3n) is 3.19. The fraction of sp³-hybridized carbons (Fsp3) is 0.462. The molecule has 2 aliphatic carbocycles. The average molecular weight is 285 g/mol. The van der Waals surface area contributed by atoms with Gasteiger partial charge in [-0.15, -0.1) is 0 Å². The number of fused-ring (bicyclic) bond motifs is 2. The summed E-state index contributed by atoms with van der Waals surface area (Å²) in [4.78, 5) is 0. The number of thiocyanates is 1. The highest BCUT2D eigenvalue weighted by Crippen LogP contribution is 2.42. The molecule has 1 nitrogen and oxygen atoms in total. The summed E-state index contributed by atoms with van der Waals surface area (Å²) in [5, 5.41) is 10.5. The van der Waals surface area contributed by atoms with Gasteiger partial charge in [0.2, 0.25) is 0 Å². The van der Waals surface area contributed by atoms with Crippen molar-refractivity contribution in [1.82, 2.24) is 0 Å². The summed E-state index contributed by atoms with van der Waals surface area (Å²) >= 11 is 5.32. The van der Waals surface area contributed by atoms with E-state index in [1.807, 2.05) is 23.6 Å². The van der Waals surface area contributed by atoms with E-state index in [4.69, 9.17) is 5.26 Å². The predicted octanol–water partition coefficient (Wildman–Crippen LogP) is 3.82. The smallest absolute Gasteiger partial charge is 0.169 e. The van der Waals surface area contributed by atoms with Crippen LogP contribution in [0.1, 0.15) is 6.42 Å². The molecule has 2 rings (SSSR count). The lowest BCUT2D eigenvalue weighted by atomic mass is 9.97. The predicted molar refractivity (Wildman–Crippen MR) is 73.8 cm³/mol. The minimum Gasteiger partial charge on any atom is -0.238 e. The first kappa shape index (κ1) is 13.7. The number of nitriles is 1. The molecule has 3 unspecified atom stereocenters. The summed E-state index contributed by atoms with van der Waals surface area (Å²) in [5.41, 5.74) is 0. The van der Waals surface area contributed by atoms with Crippen LogP contribution in [0.5, 0.6) is 0 Å². The van der Waals surface area contributed by atoms with E-state index in [9.17, 15) is 8.78 Å². The van der Waals surface area contributed by atoms with Crippen molar-refractivity contribution in [3.05, 3.63) is 36.2 Å². The van der Waals surface area contributed by atoms with Crippen LogP contribution >= 0.6 is 24.4 Å². The summed E-state index contributed by atoms with van der Waals surface area (Å²) in [5.74, 6) is -0.513. The Morgan fingerprint density at radius 1 is 1.50 bits per heavy atom. The molecule has 0 amide bonds. The molecule has 18 heavy (non-hydrogen) atoms. The lowest BCUT2D eigenvalue weighted by Gasteiger charge is -2.25. The molecule has 0 fully saturated rings. The number of rotatable bonds is 2. The standard InChI is InChI=1S/C13H13F2NS2/c14-11-5-10(7-18-8-16)2-1-9-3-4-13(17,6-9)12(11)15/h1-5,9-10,12,17H,6-7H2/b2-1-,11-5-/t9?,10?,12?,13-/m0/s1. The Balaban J connectivity index is 2.26. The maximum atomic E-state index is 14.1. The van der Waals surface area contributed by atoms with Gasteiger partial charge in [0.15, 0.2) is 6.17 Å². The van der Waals surface area contributed by atoms with Gasteiger partial charge in [-0.25, -0.2) is 8.78 Å². The zero-order valence-corrected chi connectivity index (χ0v) is 11.3. The number of allylic oxidation sites excluding steroid dienone is 5. The van der Waals surface area contributed by atoms with E-state index in [0.29, 0.717) is 12.2 Å². The Bertz CT molecular complexity index is 452. The van der Waals surface area contributed by atoms with Gasteiger partial charge in [0, 0.05) is 11.7 Å². The van der Waals surface area contributed by atoms with Crippen LogP contribution in [0.2, 0.25) is 0 Å². The van der Waals surface area contributed by atoms with Crippen molar-refractivity contribution in [2.75, 3.05) is 5.75 Å². The minimum absolute atomic E-state index is 0.0923. The Kier molecular flexibility index (Phi) is 4.18. The van der Waals surface area contributed by atoms with E-state index in [2.05, 4.69) is 12.6 Å². The Morgan fingerprint density at radius 2 is 2.28 bits per heavy atom. The van der Waals surface area contributed by atoms with Crippen LogP contribution in [0.4, 0.5) is 8.78 Å². The van der Waals surface area contributed by atoms with E-state index in [1.54, 1.807) is 6.08 Å². The van der Waals surface area contributed by atoms with Crippen molar-refractivity contribution in [1.29, 1.82) is 5.26 Å². The maximum absolute atomic E-state index is 14.1. The summed E-state index contributed by atoms with van der Waals surface area (Å²) < 4.78 is 26.9. The van der Waals surface area contributed by atoms with Gasteiger partial charge in [-0.05, 0) is 30.2 Å². The monoisotopic (exact) mass is 285 g/mol. The van der Waals surface area contributed by atoms with Crippen LogP contribution in [-0.2, 0) is 0 Å². The van der Waals surface area contributed by atoms with Crippen LogP contribution in [-0.4, -0.2) is 16.7 Å². The lowest BCUT2D eigenvalue weighted by molar-refractivity contribution is 0.278. The molecule has 0 aromatic carbocycles.